The number of nitrogens with zero attached hydrogens (tertiary/aromatic N) is 2. The standard InChI is InChI=1S/C12H19N5O3/c18-11(19)8-2-1-3-9(6-8)16-12(20)13-5-4-10-14-7-15-17-10/h7-9H,1-6H2,(H,18,19)(H2,13,16,20)(H,14,15,17). The number of hydrogen-bond donors (Lipinski definition) is 4. The lowest BCUT2D eigenvalue weighted by atomic mass is 9.86. The van der Waals surface area contributed by atoms with Gasteiger partial charge in [-0.15, -0.1) is 0 Å². The maximum absolute atomic E-state index is 11.7. The van der Waals surface area contributed by atoms with Crippen LogP contribution in [0.15, 0.2) is 6.33 Å². The molecule has 0 aliphatic heterocycles. The van der Waals surface area contributed by atoms with Crippen molar-refractivity contribution in [2.75, 3.05) is 6.54 Å². The van der Waals surface area contributed by atoms with E-state index in [4.69, 9.17) is 5.11 Å². The molecule has 1 aromatic rings. The van der Waals surface area contributed by atoms with E-state index in [1.54, 1.807) is 0 Å². The molecule has 1 fully saturated rings. The summed E-state index contributed by atoms with van der Waals surface area (Å²) in [6, 6.07) is -0.323. The first-order chi connectivity index (χ1) is 9.65. The average molecular weight is 281 g/mol. The average Bonchev–Trinajstić information content (AvgIpc) is 2.92. The second kappa shape index (κ2) is 6.88. The van der Waals surface area contributed by atoms with Crippen molar-refractivity contribution < 1.29 is 14.7 Å². The maximum Gasteiger partial charge on any atom is 0.315 e. The minimum Gasteiger partial charge on any atom is -0.481 e. The Morgan fingerprint density at radius 1 is 1.45 bits per heavy atom. The van der Waals surface area contributed by atoms with Gasteiger partial charge in [0.15, 0.2) is 0 Å². The molecular formula is C12H19N5O3. The van der Waals surface area contributed by atoms with Crippen LogP contribution in [0.4, 0.5) is 4.79 Å². The summed E-state index contributed by atoms with van der Waals surface area (Å²) in [5.41, 5.74) is 0. The number of carbonyl (C=O) groups is 2. The zero-order valence-corrected chi connectivity index (χ0v) is 11.1. The summed E-state index contributed by atoms with van der Waals surface area (Å²) >= 11 is 0. The van der Waals surface area contributed by atoms with Gasteiger partial charge in [0.05, 0.1) is 5.92 Å². The summed E-state index contributed by atoms with van der Waals surface area (Å²) in [5, 5.41) is 21.0. The highest BCUT2D eigenvalue weighted by Crippen LogP contribution is 2.24. The lowest BCUT2D eigenvalue weighted by Crippen LogP contribution is -2.45. The molecule has 0 bridgehead atoms. The van der Waals surface area contributed by atoms with Gasteiger partial charge >= 0.3 is 12.0 Å². The van der Waals surface area contributed by atoms with Gasteiger partial charge in [0.25, 0.3) is 0 Å². The smallest absolute Gasteiger partial charge is 0.315 e. The molecule has 0 saturated heterocycles. The van der Waals surface area contributed by atoms with Gasteiger partial charge < -0.3 is 15.7 Å². The Hall–Kier alpha value is -2.12. The van der Waals surface area contributed by atoms with Crippen LogP contribution in [-0.2, 0) is 11.2 Å². The highest BCUT2D eigenvalue weighted by atomic mass is 16.4. The number of aromatic nitrogens is 3. The molecular weight excluding hydrogens is 262 g/mol. The number of H-pyrrole nitrogens is 1. The third kappa shape index (κ3) is 4.22. The first-order valence-electron chi connectivity index (χ1n) is 6.76. The second-order valence-corrected chi connectivity index (χ2v) is 4.98. The molecule has 2 rings (SSSR count). The van der Waals surface area contributed by atoms with Gasteiger partial charge in [-0.2, -0.15) is 5.10 Å². The lowest BCUT2D eigenvalue weighted by Gasteiger charge is -2.27. The van der Waals surface area contributed by atoms with Crippen molar-refractivity contribution in [1.82, 2.24) is 25.8 Å². The number of carbonyl (C=O) groups excluding carboxylic acids is 1. The molecule has 1 heterocycles. The van der Waals surface area contributed by atoms with Gasteiger partial charge in [0.2, 0.25) is 0 Å². The van der Waals surface area contributed by atoms with E-state index < -0.39 is 5.97 Å². The molecule has 0 spiro atoms. The van der Waals surface area contributed by atoms with E-state index in [0.717, 1.165) is 12.8 Å². The second-order valence-electron chi connectivity index (χ2n) is 4.98. The van der Waals surface area contributed by atoms with Gasteiger partial charge in [-0.05, 0) is 19.3 Å². The molecule has 8 nitrogen and oxygen atoms in total. The molecule has 1 aromatic heterocycles. The van der Waals surface area contributed by atoms with E-state index in [-0.39, 0.29) is 18.0 Å². The molecule has 4 N–H and O–H groups in total. The number of rotatable bonds is 5. The summed E-state index contributed by atoms with van der Waals surface area (Å²) in [6.07, 6.45) is 4.87. The van der Waals surface area contributed by atoms with E-state index in [1.165, 1.54) is 6.33 Å². The highest BCUT2D eigenvalue weighted by molar-refractivity contribution is 5.74. The van der Waals surface area contributed by atoms with Crippen molar-refractivity contribution in [3.05, 3.63) is 12.2 Å². The lowest BCUT2D eigenvalue weighted by molar-refractivity contribution is -0.143. The van der Waals surface area contributed by atoms with Crippen molar-refractivity contribution in [2.24, 2.45) is 5.92 Å². The first kappa shape index (κ1) is 14.3. The van der Waals surface area contributed by atoms with Crippen molar-refractivity contribution >= 4 is 12.0 Å². The summed E-state index contributed by atoms with van der Waals surface area (Å²) in [6.45, 7) is 0.454. The Bertz CT molecular complexity index is 448. The van der Waals surface area contributed by atoms with E-state index >= 15 is 0 Å². The molecule has 20 heavy (non-hydrogen) atoms. The molecule has 2 atom stereocenters. The van der Waals surface area contributed by atoms with Crippen molar-refractivity contribution in [3.63, 3.8) is 0 Å². The van der Waals surface area contributed by atoms with Crippen LogP contribution < -0.4 is 10.6 Å². The molecule has 1 aliphatic rings. The quantitative estimate of drug-likeness (QED) is 0.618. The fourth-order valence-electron chi connectivity index (χ4n) is 2.43. The normalized spacial score (nSPS) is 22.2. The Labute approximate surface area is 116 Å². The van der Waals surface area contributed by atoms with Crippen LogP contribution in [0.5, 0.6) is 0 Å². The van der Waals surface area contributed by atoms with Crippen LogP contribution in [0.2, 0.25) is 0 Å². The predicted octanol–water partition coefficient (Wildman–Crippen LogP) is 0.290. The Morgan fingerprint density at radius 2 is 2.30 bits per heavy atom. The van der Waals surface area contributed by atoms with Gasteiger partial charge in [0, 0.05) is 19.0 Å². The number of nitrogens with one attached hydrogen (secondary N) is 3. The number of aliphatic carboxylic acids is 1. The minimum absolute atomic E-state index is 0.0601. The molecule has 110 valence electrons. The minimum atomic E-state index is -0.776. The molecule has 1 saturated carbocycles. The summed E-state index contributed by atoms with van der Waals surface area (Å²) in [4.78, 5) is 26.6. The summed E-state index contributed by atoms with van der Waals surface area (Å²) < 4.78 is 0. The van der Waals surface area contributed by atoms with Crippen LogP contribution in [0, 0.1) is 5.92 Å². The summed E-state index contributed by atoms with van der Waals surface area (Å²) in [5.74, 6) is -0.403. The Balaban J connectivity index is 1.67. The van der Waals surface area contributed by atoms with E-state index in [9.17, 15) is 9.59 Å². The van der Waals surface area contributed by atoms with Crippen LogP contribution in [0.1, 0.15) is 31.5 Å². The Morgan fingerprint density at radius 3 is 3.00 bits per heavy atom. The SMILES string of the molecule is O=C(NCCc1ncn[nH]1)NC1CCCC(C(=O)O)C1. The van der Waals surface area contributed by atoms with Crippen molar-refractivity contribution in [3.8, 4) is 0 Å². The maximum atomic E-state index is 11.7. The first-order valence-corrected chi connectivity index (χ1v) is 6.76. The molecule has 1 aliphatic carbocycles. The number of carboxylic acids is 1. The van der Waals surface area contributed by atoms with E-state index in [1.807, 2.05) is 0 Å². The summed E-state index contributed by atoms with van der Waals surface area (Å²) in [7, 11) is 0. The van der Waals surface area contributed by atoms with E-state index in [0.29, 0.717) is 31.6 Å². The van der Waals surface area contributed by atoms with E-state index in [2.05, 4.69) is 25.8 Å². The van der Waals surface area contributed by atoms with Crippen molar-refractivity contribution in [2.45, 2.75) is 38.1 Å². The number of urea groups is 1. The molecule has 0 radical (unpaired) electrons. The van der Waals surface area contributed by atoms with Crippen LogP contribution >= 0.6 is 0 Å². The zero-order chi connectivity index (χ0) is 14.4. The van der Waals surface area contributed by atoms with Crippen LogP contribution in [0.3, 0.4) is 0 Å². The highest BCUT2D eigenvalue weighted by Gasteiger charge is 2.27. The number of hydrogen-bond acceptors (Lipinski definition) is 4. The fourth-order valence-corrected chi connectivity index (χ4v) is 2.43. The molecule has 2 unspecified atom stereocenters. The van der Waals surface area contributed by atoms with Gasteiger partial charge in [-0.25, -0.2) is 9.78 Å². The van der Waals surface area contributed by atoms with Crippen LogP contribution in [0.25, 0.3) is 0 Å². The zero-order valence-electron chi connectivity index (χ0n) is 11.1. The largest absolute Gasteiger partial charge is 0.481 e. The fraction of sp³-hybridized carbons (Fsp3) is 0.667. The topological polar surface area (TPSA) is 120 Å². The van der Waals surface area contributed by atoms with Crippen molar-refractivity contribution in [1.29, 1.82) is 0 Å². The predicted molar refractivity (Wildman–Crippen MR) is 70.0 cm³/mol. The number of amides is 2. The molecule has 2 amide bonds. The van der Waals surface area contributed by atoms with Gasteiger partial charge in [0.1, 0.15) is 12.2 Å². The molecule has 8 heteroatoms. The Kier molecular flexibility index (Phi) is 4.91. The third-order valence-electron chi connectivity index (χ3n) is 3.47. The monoisotopic (exact) mass is 281 g/mol. The number of aromatic amines is 1. The third-order valence-corrected chi connectivity index (χ3v) is 3.47. The van der Waals surface area contributed by atoms with Crippen LogP contribution in [-0.4, -0.2) is 44.9 Å². The van der Waals surface area contributed by atoms with Gasteiger partial charge in [-0.3, -0.25) is 9.89 Å². The number of carboxylic acid groups (broad SMARTS) is 1. The molecule has 0 aromatic carbocycles. The van der Waals surface area contributed by atoms with Gasteiger partial charge in [-0.1, -0.05) is 6.42 Å².